The Balaban J connectivity index is -0.00000000790. The molecule has 0 N–H and O–H groups in total. The molecule has 1 aromatic carbocycles. The van der Waals surface area contributed by atoms with Crippen LogP contribution in [0.4, 0.5) is 0 Å². The molecule has 2 aromatic rings. The number of aromatic nitrogens is 2. The van der Waals surface area contributed by atoms with E-state index in [1.54, 1.807) is 0 Å². The second-order valence-corrected chi connectivity index (χ2v) is 2.25. The minimum Gasteiger partial charge on any atom is -0.663 e. The predicted octanol–water partition coefficient (Wildman–Crippen LogP) is 2.55. The van der Waals surface area contributed by atoms with Gasteiger partial charge in [0.1, 0.15) is 0 Å². The Hall–Kier alpha value is 6.29. The van der Waals surface area contributed by atoms with Gasteiger partial charge in [-0.15, -0.1) is 6.92 Å². The molecule has 13 heteroatoms. The molecule has 0 saturated heterocycles. The van der Waals surface area contributed by atoms with Crippen LogP contribution < -0.4 is 0 Å². The standard InChI is InChI=1S/C6H5.C5H3N2.2CH3.10W.Y/c1-2-4-6-5-3-1;1-5-2-6-4-7-3-5;;;;;;;;;;;;;/h1-5H;1H3;2*1H3;;;;;;;;;;;/q-1;-3;2*-1;;;;;;;;;;;. The van der Waals surface area contributed by atoms with Crippen LogP contribution in [-0.2, 0) is 243 Å². The average Bonchev–Trinajstić information content (AvgIpc) is 2.22. The summed E-state index contributed by atoms with van der Waals surface area (Å²) in [6.07, 6.45) is 7.54. The molecule has 26 heavy (non-hydrogen) atoms. The van der Waals surface area contributed by atoms with Crippen LogP contribution in [0.15, 0.2) is 30.3 Å². The second kappa shape index (κ2) is 69.7. The summed E-state index contributed by atoms with van der Waals surface area (Å²) in [6, 6.07) is 12.5. The zero-order chi connectivity index (χ0) is 9.36. The van der Waals surface area contributed by atoms with Gasteiger partial charge in [-0.25, -0.2) is 0 Å². The van der Waals surface area contributed by atoms with Gasteiger partial charge >= 0.3 is 0 Å². The van der Waals surface area contributed by atoms with E-state index in [0.717, 1.165) is 5.56 Å². The van der Waals surface area contributed by atoms with Crippen LogP contribution in [0.5, 0.6) is 0 Å². The largest absolute Gasteiger partial charge is 0.663 e. The summed E-state index contributed by atoms with van der Waals surface area (Å²) in [5.41, 5.74) is 0.818. The molecule has 0 unspecified atom stereocenters. The first-order chi connectivity index (χ1) is 6.39. The number of hydrogen-bond donors (Lipinski definition) is 0. The van der Waals surface area contributed by atoms with Gasteiger partial charge in [-0.3, -0.25) is 0 Å². The van der Waals surface area contributed by atoms with Crippen molar-refractivity contribution in [3.63, 3.8) is 0 Å². The van der Waals surface area contributed by atoms with Crippen LogP contribution in [0.25, 0.3) is 0 Å². The number of benzene rings is 1. The Kier molecular flexibility index (Phi) is 228. The molecule has 0 amide bonds. The van der Waals surface area contributed by atoms with Crippen molar-refractivity contribution >= 4 is 0 Å². The fourth-order valence-electron chi connectivity index (χ4n) is 0.610. The summed E-state index contributed by atoms with van der Waals surface area (Å²) in [4.78, 5) is 6.98. The molecule has 1 heterocycles. The summed E-state index contributed by atoms with van der Waals surface area (Å²) in [5, 5.41) is 0. The molecule has 0 atom stereocenters. The third-order valence-electron chi connectivity index (χ3n) is 1.15. The van der Waals surface area contributed by atoms with E-state index in [-0.39, 0.29) is 258 Å². The molecule has 0 aliphatic rings. The molecule has 2 rings (SSSR count). The van der Waals surface area contributed by atoms with Crippen LogP contribution >= 0.6 is 0 Å². The Morgan fingerprint density at radius 2 is 0.923 bits per heavy atom. The third-order valence-corrected chi connectivity index (χ3v) is 1.15. The topological polar surface area (TPSA) is 25.8 Å². The van der Waals surface area contributed by atoms with Gasteiger partial charge in [-0.05, 0) is 0 Å². The van der Waals surface area contributed by atoms with Crippen molar-refractivity contribution in [2.75, 3.05) is 0 Å². The van der Waals surface area contributed by atoms with E-state index in [2.05, 4.69) is 34.8 Å². The van der Waals surface area contributed by atoms with E-state index in [1.165, 1.54) is 0 Å². The molecule has 1 aromatic heterocycles. The monoisotopic (exact) mass is 2130 g/mol. The van der Waals surface area contributed by atoms with Gasteiger partial charge < -0.3 is 49.1 Å². The fourth-order valence-corrected chi connectivity index (χ4v) is 0.610. The van der Waals surface area contributed by atoms with Crippen molar-refractivity contribution < 1.29 is 243 Å². The molecule has 1 radical (unpaired) electrons. The van der Waals surface area contributed by atoms with Crippen molar-refractivity contribution in [3.8, 4) is 0 Å². The zero-order valence-electron chi connectivity index (χ0n) is 13.9. The maximum atomic E-state index is 3.49. The molecular weight excluding hydrogens is 2110 g/mol. The van der Waals surface area contributed by atoms with Crippen LogP contribution in [-0.4, -0.2) is 9.97 Å². The van der Waals surface area contributed by atoms with Crippen molar-refractivity contribution in [1.82, 2.24) is 9.97 Å². The molecule has 145 valence electrons. The van der Waals surface area contributed by atoms with Gasteiger partial charge in [-0.1, -0.05) is 0 Å². The number of rotatable bonds is 0. The molecule has 0 aliphatic carbocycles. The van der Waals surface area contributed by atoms with Crippen molar-refractivity contribution in [1.29, 1.82) is 0 Å². The zero-order valence-corrected chi connectivity index (χ0v) is 46.1. The van der Waals surface area contributed by atoms with E-state index >= 15 is 0 Å². The minimum absolute atomic E-state index is 0. The molecule has 0 fully saturated rings. The van der Waals surface area contributed by atoms with Gasteiger partial charge in [0.15, 0.2) is 0 Å². The van der Waals surface area contributed by atoms with Crippen molar-refractivity contribution in [2.45, 2.75) is 6.92 Å². The smallest absolute Gasteiger partial charge is 0 e. The summed E-state index contributed by atoms with van der Waals surface area (Å²) in [7, 11) is 0. The van der Waals surface area contributed by atoms with Crippen molar-refractivity contribution in [2.24, 2.45) is 0 Å². The van der Waals surface area contributed by atoms with Gasteiger partial charge in [0.25, 0.3) is 0 Å². The Bertz CT molecular complexity index is 309. The Morgan fingerprint density at radius 3 is 1.04 bits per heavy atom. The molecular formula is C13H14N2W10Y-6. The first kappa shape index (κ1) is 85.0. The van der Waals surface area contributed by atoms with Gasteiger partial charge in [-0.2, -0.15) is 36.4 Å². The molecule has 0 saturated carbocycles. The number of nitrogens with zero attached hydrogens (tertiary/aromatic N) is 2. The van der Waals surface area contributed by atoms with Crippen LogP contribution in [0.3, 0.4) is 0 Å². The molecule has 0 bridgehead atoms. The first-order valence-corrected chi connectivity index (χ1v) is 3.81. The molecule has 0 spiro atoms. The normalized spacial score (nSPS) is 4.19. The fraction of sp³-hybridized carbons (Fsp3) is 0.0769. The van der Waals surface area contributed by atoms with E-state index in [4.69, 9.17) is 0 Å². The average molecular weight is 2130 g/mol. The Labute approximate surface area is 328 Å². The van der Waals surface area contributed by atoms with E-state index in [0.29, 0.717) is 0 Å². The molecule has 2 nitrogen and oxygen atoms in total. The SMILES string of the molecule is Cc1[c-]n[c-]n[c-]1.[CH3-].[CH3-].[W].[W].[W].[W].[W].[W].[W].[W].[W].[W].[Y].[c-]1ccccc1. The van der Waals surface area contributed by atoms with E-state index in [1.807, 2.05) is 37.3 Å². The predicted molar refractivity (Wildman–Crippen MR) is 61.4 cm³/mol. The summed E-state index contributed by atoms with van der Waals surface area (Å²) in [6.45, 7) is 1.83. The number of aryl methyl sites for hydroxylation is 1. The van der Waals surface area contributed by atoms with Crippen LogP contribution in [0.1, 0.15) is 5.56 Å². The minimum atomic E-state index is 0. The van der Waals surface area contributed by atoms with Crippen LogP contribution in [0.2, 0.25) is 0 Å². The van der Waals surface area contributed by atoms with Gasteiger partial charge in [0, 0.05) is 243 Å². The third kappa shape index (κ3) is 63.1. The second-order valence-electron chi connectivity index (χ2n) is 2.25. The number of hydrogen-bond acceptors (Lipinski definition) is 2. The maximum absolute atomic E-state index is 3.49. The maximum Gasteiger partial charge on any atom is 0 e. The van der Waals surface area contributed by atoms with Gasteiger partial charge in [0.2, 0.25) is 0 Å². The molecule has 0 aliphatic heterocycles. The van der Waals surface area contributed by atoms with E-state index in [9.17, 15) is 0 Å². The summed E-state index contributed by atoms with van der Waals surface area (Å²) < 4.78 is 0. The first-order valence-electron chi connectivity index (χ1n) is 3.81. The van der Waals surface area contributed by atoms with E-state index < -0.39 is 0 Å². The summed E-state index contributed by atoms with van der Waals surface area (Å²) in [5.74, 6) is 0. The van der Waals surface area contributed by atoms with Crippen LogP contribution in [0, 0.1) is 46.6 Å². The quantitative estimate of drug-likeness (QED) is 0.380. The Morgan fingerprint density at radius 1 is 0.615 bits per heavy atom. The summed E-state index contributed by atoms with van der Waals surface area (Å²) >= 11 is 0. The van der Waals surface area contributed by atoms with Gasteiger partial charge in [0.05, 0.1) is 0 Å². The van der Waals surface area contributed by atoms with Crippen molar-refractivity contribution in [3.05, 3.63) is 75.5 Å².